The Hall–Kier alpha value is -0.860. The average molecular weight is 285 g/mol. The number of aryl methyl sites for hydroxylation is 2. The van der Waals surface area contributed by atoms with Gasteiger partial charge in [0.15, 0.2) is 0 Å². The van der Waals surface area contributed by atoms with Crippen LogP contribution in [0.15, 0.2) is 4.47 Å². The Morgan fingerprint density at radius 3 is 2.69 bits per heavy atom. The Bertz CT molecular complexity index is 405. The van der Waals surface area contributed by atoms with Gasteiger partial charge in [-0.05, 0) is 36.8 Å². The molecule has 0 radical (unpaired) electrons. The first-order valence-electron chi connectivity index (χ1n) is 5.21. The number of rotatable bonds is 4. The maximum Gasteiger partial charge on any atom is 0.0739 e. The molecule has 0 amide bonds. The lowest BCUT2D eigenvalue weighted by Crippen LogP contribution is -2.24. The van der Waals surface area contributed by atoms with Gasteiger partial charge in [0, 0.05) is 20.1 Å². The van der Waals surface area contributed by atoms with Crippen LogP contribution in [0, 0.1) is 24.2 Å². The number of aromatic nitrogens is 2. The van der Waals surface area contributed by atoms with Gasteiger partial charge in [0.1, 0.15) is 0 Å². The van der Waals surface area contributed by atoms with Gasteiger partial charge in [-0.1, -0.05) is 0 Å². The topological polar surface area (TPSA) is 44.9 Å². The van der Waals surface area contributed by atoms with Crippen LogP contribution in [0.1, 0.15) is 18.3 Å². The molecule has 1 heterocycles. The van der Waals surface area contributed by atoms with E-state index in [9.17, 15) is 0 Å². The standard InChI is InChI=1S/C11H17BrN4/c1-8(5-13)6-15(3)7-10-11(12)9(2)14-16(10)4/h8H,6-7H2,1-4H3. The summed E-state index contributed by atoms with van der Waals surface area (Å²) < 4.78 is 2.94. The monoisotopic (exact) mass is 284 g/mol. The molecule has 88 valence electrons. The van der Waals surface area contributed by atoms with Crippen molar-refractivity contribution in [3.63, 3.8) is 0 Å². The van der Waals surface area contributed by atoms with Crippen molar-refractivity contribution in [2.24, 2.45) is 13.0 Å². The van der Waals surface area contributed by atoms with Crippen molar-refractivity contribution < 1.29 is 0 Å². The first-order valence-corrected chi connectivity index (χ1v) is 6.01. The van der Waals surface area contributed by atoms with Crippen LogP contribution in [0.5, 0.6) is 0 Å². The SMILES string of the molecule is Cc1nn(C)c(CN(C)CC(C)C#N)c1Br. The van der Waals surface area contributed by atoms with Crippen LogP contribution in [0.25, 0.3) is 0 Å². The highest BCUT2D eigenvalue weighted by atomic mass is 79.9. The highest BCUT2D eigenvalue weighted by Crippen LogP contribution is 2.21. The molecular weight excluding hydrogens is 268 g/mol. The summed E-state index contributed by atoms with van der Waals surface area (Å²) in [6, 6.07) is 2.24. The van der Waals surface area contributed by atoms with Crippen molar-refractivity contribution in [1.82, 2.24) is 14.7 Å². The Labute approximate surface area is 105 Å². The van der Waals surface area contributed by atoms with Crippen molar-refractivity contribution in [1.29, 1.82) is 5.26 Å². The van der Waals surface area contributed by atoms with E-state index >= 15 is 0 Å². The zero-order valence-corrected chi connectivity index (χ0v) is 11.7. The number of hydrogen-bond donors (Lipinski definition) is 0. The largest absolute Gasteiger partial charge is 0.299 e. The van der Waals surface area contributed by atoms with Crippen molar-refractivity contribution in [2.75, 3.05) is 13.6 Å². The summed E-state index contributed by atoms with van der Waals surface area (Å²) in [5.74, 6) is 0.0538. The summed E-state index contributed by atoms with van der Waals surface area (Å²) >= 11 is 3.54. The minimum absolute atomic E-state index is 0.0538. The normalized spacial score (nSPS) is 12.8. The fourth-order valence-corrected chi connectivity index (χ4v) is 2.14. The zero-order chi connectivity index (χ0) is 12.3. The van der Waals surface area contributed by atoms with Gasteiger partial charge in [0.25, 0.3) is 0 Å². The summed E-state index contributed by atoms with van der Waals surface area (Å²) in [5.41, 5.74) is 2.14. The lowest BCUT2D eigenvalue weighted by atomic mass is 10.2. The number of halogens is 1. The molecule has 0 saturated heterocycles. The second-order valence-electron chi connectivity index (χ2n) is 4.20. The predicted molar refractivity (Wildman–Crippen MR) is 66.8 cm³/mol. The molecule has 1 aromatic heterocycles. The molecule has 1 rings (SSSR count). The van der Waals surface area contributed by atoms with E-state index < -0.39 is 0 Å². The van der Waals surface area contributed by atoms with Crippen molar-refractivity contribution in [3.05, 3.63) is 15.9 Å². The first-order chi connectivity index (χ1) is 7.45. The van der Waals surface area contributed by atoms with Crippen LogP contribution < -0.4 is 0 Å². The van der Waals surface area contributed by atoms with Crippen LogP contribution >= 0.6 is 15.9 Å². The Morgan fingerprint density at radius 2 is 2.25 bits per heavy atom. The third-order valence-electron chi connectivity index (χ3n) is 2.49. The fourth-order valence-electron chi connectivity index (χ4n) is 1.68. The van der Waals surface area contributed by atoms with Gasteiger partial charge in [-0.2, -0.15) is 10.4 Å². The molecule has 1 atom stereocenters. The highest BCUT2D eigenvalue weighted by molar-refractivity contribution is 9.10. The van der Waals surface area contributed by atoms with Gasteiger partial charge in [-0.25, -0.2) is 0 Å². The van der Waals surface area contributed by atoms with Gasteiger partial charge in [0.05, 0.1) is 27.8 Å². The predicted octanol–water partition coefficient (Wildman–Crippen LogP) is 2.08. The van der Waals surface area contributed by atoms with Crippen LogP contribution in [0.2, 0.25) is 0 Å². The van der Waals surface area contributed by atoms with E-state index in [0.717, 1.165) is 29.0 Å². The summed E-state index contributed by atoms with van der Waals surface area (Å²) in [6.45, 7) is 5.47. The maximum atomic E-state index is 8.76. The summed E-state index contributed by atoms with van der Waals surface area (Å²) in [7, 11) is 3.96. The van der Waals surface area contributed by atoms with Crippen LogP contribution in [-0.2, 0) is 13.6 Å². The molecule has 1 aromatic rings. The second kappa shape index (κ2) is 5.46. The highest BCUT2D eigenvalue weighted by Gasteiger charge is 2.13. The first kappa shape index (κ1) is 13.2. The lowest BCUT2D eigenvalue weighted by Gasteiger charge is -2.17. The van der Waals surface area contributed by atoms with Crippen molar-refractivity contribution in [3.8, 4) is 6.07 Å². The Morgan fingerprint density at radius 1 is 1.62 bits per heavy atom. The van der Waals surface area contributed by atoms with E-state index in [0.29, 0.717) is 0 Å². The number of nitriles is 1. The molecule has 5 heteroatoms. The molecule has 0 aliphatic heterocycles. The molecule has 0 N–H and O–H groups in total. The van der Waals surface area contributed by atoms with Gasteiger partial charge < -0.3 is 0 Å². The summed E-state index contributed by atoms with van der Waals surface area (Å²) in [4.78, 5) is 2.13. The molecule has 0 fully saturated rings. The molecule has 0 aliphatic rings. The second-order valence-corrected chi connectivity index (χ2v) is 4.99. The van der Waals surface area contributed by atoms with Crippen LogP contribution in [0.3, 0.4) is 0 Å². The fraction of sp³-hybridized carbons (Fsp3) is 0.636. The smallest absolute Gasteiger partial charge is 0.0739 e. The summed E-state index contributed by atoms with van der Waals surface area (Å²) in [6.07, 6.45) is 0. The molecule has 0 saturated carbocycles. The molecule has 4 nitrogen and oxygen atoms in total. The maximum absolute atomic E-state index is 8.76. The van der Waals surface area contributed by atoms with E-state index in [1.54, 1.807) is 0 Å². The van der Waals surface area contributed by atoms with E-state index in [-0.39, 0.29) is 5.92 Å². The average Bonchev–Trinajstić information content (AvgIpc) is 2.45. The third kappa shape index (κ3) is 3.06. The number of hydrogen-bond acceptors (Lipinski definition) is 3. The minimum Gasteiger partial charge on any atom is -0.299 e. The Kier molecular flexibility index (Phi) is 4.51. The molecule has 0 bridgehead atoms. The van der Waals surface area contributed by atoms with Gasteiger partial charge in [0.2, 0.25) is 0 Å². The molecule has 16 heavy (non-hydrogen) atoms. The van der Waals surface area contributed by atoms with Crippen molar-refractivity contribution >= 4 is 15.9 Å². The van der Waals surface area contributed by atoms with Crippen LogP contribution in [-0.4, -0.2) is 28.3 Å². The number of nitrogens with zero attached hydrogens (tertiary/aromatic N) is 4. The van der Waals surface area contributed by atoms with Crippen molar-refractivity contribution in [2.45, 2.75) is 20.4 Å². The lowest BCUT2D eigenvalue weighted by molar-refractivity contribution is 0.294. The van der Waals surface area contributed by atoms with Gasteiger partial charge >= 0.3 is 0 Å². The minimum atomic E-state index is 0.0538. The molecule has 0 spiro atoms. The van der Waals surface area contributed by atoms with E-state index in [2.05, 4.69) is 32.0 Å². The summed E-state index contributed by atoms with van der Waals surface area (Å²) in [5, 5.41) is 13.1. The van der Waals surface area contributed by atoms with Gasteiger partial charge in [-0.15, -0.1) is 0 Å². The molecular formula is C11H17BrN4. The Balaban J connectivity index is 2.70. The van der Waals surface area contributed by atoms with E-state index in [1.807, 2.05) is 32.6 Å². The quantitative estimate of drug-likeness (QED) is 0.850. The van der Waals surface area contributed by atoms with Gasteiger partial charge in [-0.3, -0.25) is 9.58 Å². The molecule has 1 unspecified atom stereocenters. The zero-order valence-electron chi connectivity index (χ0n) is 10.2. The van der Waals surface area contributed by atoms with E-state index in [4.69, 9.17) is 5.26 Å². The van der Waals surface area contributed by atoms with Crippen LogP contribution in [0.4, 0.5) is 0 Å². The molecule has 0 aromatic carbocycles. The molecule has 0 aliphatic carbocycles. The third-order valence-corrected chi connectivity index (χ3v) is 3.52. The van der Waals surface area contributed by atoms with E-state index in [1.165, 1.54) is 0 Å².